The smallest absolute Gasteiger partial charge is 0.337 e. The molecule has 0 radical (unpaired) electrons. The van der Waals surface area contributed by atoms with Crippen LogP contribution in [0.2, 0.25) is 0 Å². The largest absolute Gasteiger partial charge is 0.478 e. The summed E-state index contributed by atoms with van der Waals surface area (Å²) < 4.78 is 0.778. The van der Waals surface area contributed by atoms with E-state index in [1.807, 2.05) is 20.8 Å². The van der Waals surface area contributed by atoms with Crippen molar-refractivity contribution in [3.63, 3.8) is 0 Å². The van der Waals surface area contributed by atoms with E-state index in [2.05, 4.69) is 21.2 Å². The molecular weight excluding hydrogens is 324 g/mol. The monoisotopic (exact) mass is 342 g/mol. The van der Waals surface area contributed by atoms with Crippen molar-refractivity contribution in [2.75, 3.05) is 18.0 Å². The van der Waals surface area contributed by atoms with Gasteiger partial charge in [0, 0.05) is 17.1 Å². The Kier molecular flexibility index (Phi) is 6.01. The highest BCUT2D eigenvalue weighted by molar-refractivity contribution is 9.10. The second-order valence-corrected chi connectivity index (χ2v) is 5.62. The fraction of sp³-hybridized carbons (Fsp3) is 0.429. The number of halogens is 1. The Bertz CT molecular complexity index is 503. The highest BCUT2D eigenvalue weighted by atomic mass is 79.9. The predicted octanol–water partition coefficient (Wildman–Crippen LogP) is 2.50. The number of benzene rings is 1. The Hall–Kier alpha value is -1.56. The van der Waals surface area contributed by atoms with Crippen molar-refractivity contribution in [1.82, 2.24) is 5.32 Å². The van der Waals surface area contributed by atoms with E-state index < -0.39 is 5.97 Å². The van der Waals surface area contributed by atoms with Crippen molar-refractivity contribution >= 4 is 33.5 Å². The van der Waals surface area contributed by atoms with Crippen LogP contribution in [0.1, 0.15) is 31.1 Å². The third-order valence-corrected chi connectivity index (χ3v) is 3.19. The summed E-state index contributed by atoms with van der Waals surface area (Å²) in [5.41, 5.74) is 0.723. The van der Waals surface area contributed by atoms with Gasteiger partial charge in [0.05, 0.1) is 17.8 Å². The summed E-state index contributed by atoms with van der Waals surface area (Å²) >= 11 is 3.33. The number of carbonyl (C=O) groups is 2. The van der Waals surface area contributed by atoms with Gasteiger partial charge in [-0.05, 0) is 39.0 Å². The van der Waals surface area contributed by atoms with Crippen molar-refractivity contribution in [3.05, 3.63) is 28.2 Å². The SMILES string of the molecule is CCN(CC(=O)NC(C)C)c1cc(Br)ccc1C(=O)O. The average molecular weight is 343 g/mol. The molecule has 0 saturated carbocycles. The van der Waals surface area contributed by atoms with E-state index in [1.165, 1.54) is 6.07 Å². The molecule has 0 atom stereocenters. The average Bonchev–Trinajstić information content (AvgIpc) is 2.34. The summed E-state index contributed by atoms with van der Waals surface area (Å²) in [6, 6.07) is 4.98. The highest BCUT2D eigenvalue weighted by Crippen LogP contribution is 2.25. The standard InChI is InChI=1S/C14H19BrN2O3/c1-4-17(8-13(18)16-9(2)3)12-7-10(15)5-6-11(12)14(19)20/h5-7,9H,4,8H2,1-3H3,(H,16,18)(H,19,20). The number of nitrogens with zero attached hydrogens (tertiary/aromatic N) is 1. The molecule has 0 heterocycles. The lowest BCUT2D eigenvalue weighted by atomic mass is 10.1. The van der Waals surface area contributed by atoms with E-state index in [0.717, 1.165) is 4.47 Å². The van der Waals surface area contributed by atoms with Crippen LogP contribution in [0.15, 0.2) is 22.7 Å². The topological polar surface area (TPSA) is 69.6 Å². The number of carbonyl (C=O) groups excluding carboxylic acids is 1. The molecule has 0 unspecified atom stereocenters. The molecule has 1 amide bonds. The molecule has 0 aliphatic rings. The number of likely N-dealkylation sites (N-methyl/N-ethyl adjacent to an activating group) is 1. The van der Waals surface area contributed by atoms with Gasteiger partial charge in [0.1, 0.15) is 0 Å². The maximum atomic E-state index is 11.9. The van der Waals surface area contributed by atoms with Crippen LogP contribution in [0.3, 0.4) is 0 Å². The summed E-state index contributed by atoms with van der Waals surface area (Å²) in [6.07, 6.45) is 0. The highest BCUT2D eigenvalue weighted by Gasteiger charge is 2.18. The first-order chi connectivity index (χ1) is 9.35. The molecule has 1 aromatic rings. The third-order valence-electron chi connectivity index (χ3n) is 2.70. The Labute approximate surface area is 127 Å². The molecule has 5 nitrogen and oxygen atoms in total. The van der Waals surface area contributed by atoms with Crippen molar-refractivity contribution < 1.29 is 14.7 Å². The van der Waals surface area contributed by atoms with Crippen LogP contribution in [-0.4, -0.2) is 36.1 Å². The second-order valence-electron chi connectivity index (χ2n) is 4.70. The number of carboxylic acid groups (broad SMARTS) is 1. The molecule has 20 heavy (non-hydrogen) atoms. The minimum Gasteiger partial charge on any atom is -0.478 e. The van der Waals surface area contributed by atoms with Gasteiger partial charge < -0.3 is 15.3 Å². The molecule has 110 valence electrons. The lowest BCUT2D eigenvalue weighted by Crippen LogP contribution is -2.40. The first kappa shape index (κ1) is 16.5. The van der Waals surface area contributed by atoms with Gasteiger partial charge in [-0.25, -0.2) is 4.79 Å². The van der Waals surface area contributed by atoms with Crippen LogP contribution < -0.4 is 10.2 Å². The first-order valence-electron chi connectivity index (χ1n) is 6.42. The Balaban J connectivity index is 3.02. The lowest BCUT2D eigenvalue weighted by Gasteiger charge is -2.25. The van der Waals surface area contributed by atoms with E-state index in [9.17, 15) is 14.7 Å². The van der Waals surface area contributed by atoms with Crippen LogP contribution in [0.5, 0.6) is 0 Å². The molecule has 6 heteroatoms. The van der Waals surface area contributed by atoms with Gasteiger partial charge in [0.15, 0.2) is 0 Å². The van der Waals surface area contributed by atoms with Gasteiger partial charge in [0.2, 0.25) is 5.91 Å². The number of amides is 1. The minimum absolute atomic E-state index is 0.0580. The molecule has 1 aromatic carbocycles. The molecule has 0 aliphatic heterocycles. The Morgan fingerprint density at radius 1 is 1.40 bits per heavy atom. The normalized spacial score (nSPS) is 10.4. The maximum Gasteiger partial charge on any atom is 0.337 e. The van der Waals surface area contributed by atoms with Crippen molar-refractivity contribution in [3.8, 4) is 0 Å². The lowest BCUT2D eigenvalue weighted by molar-refractivity contribution is -0.120. The molecule has 0 aromatic heterocycles. The zero-order chi connectivity index (χ0) is 15.3. The second kappa shape index (κ2) is 7.28. The summed E-state index contributed by atoms with van der Waals surface area (Å²) in [4.78, 5) is 24.9. The molecule has 0 aliphatic carbocycles. The van der Waals surface area contributed by atoms with E-state index in [1.54, 1.807) is 17.0 Å². The number of rotatable bonds is 6. The summed E-state index contributed by atoms with van der Waals surface area (Å²) in [6.45, 7) is 6.33. The number of aromatic carboxylic acids is 1. The predicted molar refractivity (Wildman–Crippen MR) is 82.3 cm³/mol. The fourth-order valence-corrected chi connectivity index (χ4v) is 2.20. The van der Waals surface area contributed by atoms with E-state index >= 15 is 0 Å². The van der Waals surface area contributed by atoms with E-state index in [0.29, 0.717) is 12.2 Å². The Morgan fingerprint density at radius 3 is 2.55 bits per heavy atom. The maximum absolute atomic E-state index is 11.9. The number of hydrogen-bond donors (Lipinski definition) is 2. The zero-order valence-corrected chi connectivity index (χ0v) is 13.4. The quantitative estimate of drug-likeness (QED) is 0.833. The summed E-state index contributed by atoms with van der Waals surface area (Å²) in [7, 11) is 0. The van der Waals surface area contributed by atoms with E-state index in [-0.39, 0.29) is 24.1 Å². The van der Waals surface area contributed by atoms with Gasteiger partial charge >= 0.3 is 5.97 Å². The van der Waals surface area contributed by atoms with Crippen molar-refractivity contribution in [2.24, 2.45) is 0 Å². The van der Waals surface area contributed by atoms with Gasteiger partial charge in [0.25, 0.3) is 0 Å². The van der Waals surface area contributed by atoms with Crippen LogP contribution >= 0.6 is 15.9 Å². The molecule has 2 N–H and O–H groups in total. The molecule has 0 spiro atoms. The minimum atomic E-state index is -1.00. The van der Waals surface area contributed by atoms with Crippen LogP contribution in [0.25, 0.3) is 0 Å². The molecule has 0 saturated heterocycles. The molecule has 0 bridgehead atoms. The van der Waals surface area contributed by atoms with Crippen LogP contribution in [0.4, 0.5) is 5.69 Å². The zero-order valence-electron chi connectivity index (χ0n) is 11.8. The molecule has 1 rings (SSSR count). The van der Waals surface area contributed by atoms with Crippen molar-refractivity contribution in [1.29, 1.82) is 0 Å². The summed E-state index contributed by atoms with van der Waals surface area (Å²) in [5.74, 6) is -1.13. The number of nitrogens with one attached hydrogen (secondary N) is 1. The molecular formula is C14H19BrN2O3. The fourth-order valence-electron chi connectivity index (χ4n) is 1.86. The summed E-state index contributed by atoms with van der Waals surface area (Å²) in [5, 5.41) is 12.0. The number of hydrogen-bond acceptors (Lipinski definition) is 3. The third kappa shape index (κ3) is 4.52. The molecule has 0 fully saturated rings. The van der Waals surface area contributed by atoms with Gasteiger partial charge in [-0.1, -0.05) is 15.9 Å². The van der Waals surface area contributed by atoms with E-state index in [4.69, 9.17) is 0 Å². The van der Waals surface area contributed by atoms with Crippen molar-refractivity contribution in [2.45, 2.75) is 26.8 Å². The number of carboxylic acids is 1. The van der Waals surface area contributed by atoms with Gasteiger partial charge in [-0.15, -0.1) is 0 Å². The Morgan fingerprint density at radius 2 is 2.05 bits per heavy atom. The first-order valence-corrected chi connectivity index (χ1v) is 7.21. The van der Waals surface area contributed by atoms with Crippen LogP contribution in [0, 0.1) is 0 Å². The van der Waals surface area contributed by atoms with Crippen LogP contribution in [-0.2, 0) is 4.79 Å². The van der Waals surface area contributed by atoms with Gasteiger partial charge in [-0.3, -0.25) is 4.79 Å². The van der Waals surface area contributed by atoms with Gasteiger partial charge in [-0.2, -0.15) is 0 Å². The number of anilines is 1.